The Hall–Kier alpha value is -1.89. The van der Waals surface area contributed by atoms with E-state index in [-0.39, 0.29) is 17.8 Å². The Morgan fingerprint density at radius 2 is 1.15 bits per heavy atom. The summed E-state index contributed by atoms with van der Waals surface area (Å²) < 4.78 is 0. The van der Waals surface area contributed by atoms with Gasteiger partial charge in [-0.25, -0.2) is 0 Å². The summed E-state index contributed by atoms with van der Waals surface area (Å²) in [6, 6.07) is 20.6. The summed E-state index contributed by atoms with van der Waals surface area (Å²) in [5.41, 5.74) is 2.42. The van der Waals surface area contributed by atoms with Crippen molar-refractivity contribution in [1.82, 2.24) is 0 Å². The van der Waals surface area contributed by atoms with E-state index in [9.17, 15) is 4.79 Å². The monoisotopic (exact) mass is 266 g/mol. The summed E-state index contributed by atoms with van der Waals surface area (Å²) in [6.07, 6.45) is 0. The Morgan fingerprint density at radius 1 is 0.750 bits per heavy atom. The third kappa shape index (κ3) is 3.16. The van der Waals surface area contributed by atoms with Crippen LogP contribution in [0.2, 0.25) is 0 Å². The molecule has 0 fully saturated rings. The van der Waals surface area contributed by atoms with Gasteiger partial charge in [0.15, 0.2) is 0 Å². The average Bonchev–Trinajstić information content (AvgIpc) is 2.48. The highest BCUT2D eigenvalue weighted by atomic mass is 16.1. The van der Waals surface area contributed by atoms with Crippen molar-refractivity contribution >= 4 is 5.78 Å². The molecule has 0 saturated carbocycles. The van der Waals surface area contributed by atoms with E-state index in [0.717, 1.165) is 0 Å². The number of benzene rings is 2. The second kappa shape index (κ2) is 6.51. The second-order valence-electron chi connectivity index (χ2n) is 5.64. The van der Waals surface area contributed by atoms with Crippen LogP contribution in [-0.2, 0) is 4.79 Å². The molecule has 1 unspecified atom stereocenters. The number of rotatable bonds is 5. The molecule has 0 N–H and O–H groups in total. The van der Waals surface area contributed by atoms with Gasteiger partial charge in [-0.15, -0.1) is 0 Å². The first kappa shape index (κ1) is 14.5. The van der Waals surface area contributed by atoms with Gasteiger partial charge < -0.3 is 0 Å². The summed E-state index contributed by atoms with van der Waals surface area (Å²) in [5, 5.41) is 0. The molecule has 0 aliphatic heterocycles. The van der Waals surface area contributed by atoms with E-state index >= 15 is 0 Å². The molecule has 1 heteroatoms. The number of hydrogen-bond acceptors (Lipinski definition) is 1. The third-order valence-corrected chi connectivity index (χ3v) is 3.84. The van der Waals surface area contributed by atoms with Crippen LogP contribution in [0.15, 0.2) is 60.7 Å². The van der Waals surface area contributed by atoms with E-state index in [1.165, 1.54) is 11.1 Å². The van der Waals surface area contributed by atoms with Gasteiger partial charge in [0, 0.05) is 17.8 Å². The molecule has 20 heavy (non-hydrogen) atoms. The zero-order valence-electron chi connectivity index (χ0n) is 12.4. The molecule has 1 atom stereocenters. The average molecular weight is 266 g/mol. The highest BCUT2D eigenvalue weighted by Crippen LogP contribution is 2.33. The van der Waals surface area contributed by atoms with Crippen molar-refractivity contribution in [3.8, 4) is 0 Å². The molecule has 2 aromatic rings. The molecular formula is C19H22O. The fraction of sp³-hybridized carbons (Fsp3) is 0.316. The molecule has 0 spiro atoms. The Kier molecular flexibility index (Phi) is 4.73. The van der Waals surface area contributed by atoms with Crippen molar-refractivity contribution in [3.63, 3.8) is 0 Å². The fourth-order valence-electron chi connectivity index (χ4n) is 2.78. The highest BCUT2D eigenvalue weighted by molar-refractivity contribution is 5.84. The SMILES string of the molecule is CC(C)C(=O)C(C)C(c1ccccc1)c1ccccc1. The highest BCUT2D eigenvalue weighted by Gasteiger charge is 2.28. The molecule has 0 heterocycles. The lowest BCUT2D eigenvalue weighted by atomic mass is 9.77. The standard InChI is InChI=1S/C19H22O/c1-14(2)19(20)15(3)18(16-10-6-4-7-11-16)17-12-8-5-9-13-17/h4-15,18H,1-3H3. The van der Waals surface area contributed by atoms with Crippen molar-refractivity contribution in [2.75, 3.05) is 0 Å². The summed E-state index contributed by atoms with van der Waals surface area (Å²) >= 11 is 0. The van der Waals surface area contributed by atoms with E-state index in [1.807, 2.05) is 57.2 Å². The molecule has 1 nitrogen and oxygen atoms in total. The van der Waals surface area contributed by atoms with Crippen molar-refractivity contribution in [2.24, 2.45) is 11.8 Å². The Morgan fingerprint density at radius 3 is 1.50 bits per heavy atom. The molecule has 0 aromatic heterocycles. The minimum Gasteiger partial charge on any atom is -0.299 e. The number of Topliss-reactive ketones (excluding diaryl/α,β-unsaturated/α-hetero) is 1. The van der Waals surface area contributed by atoms with Gasteiger partial charge in [0.05, 0.1) is 0 Å². The summed E-state index contributed by atoms with van der Waals surface area (Å²) in [5.74, 6) is 0.509. The van der Waals surface area contributed by atoms with Crippen LogP contribution in [0, 0.1) is 11.8 Å². The van der Waals surface area contributed by atoms with Crippen LogP contribution < -0.4 is 0 Å². The van der Waals surface area contributed by atoms with E-state index in [4.69, 9.17) is 0 Å². The quantitative estimate of drug-likeness (QED) is 0.768. The lowest BCUT2D eigenvalue weighted by Crippen LogP contribution is -2.24. The van der Waals surface area contributed by atoms with Crippen molar-refractivity contribution in [1.29, 1.82) is 0 Å². The molecule has 104 valence electrons. The smallest absolute Gasteiger partial charge is 0.139 e. The lowest BCUT2D eigenvalue weighted by Gasteiger charge is -2.25. The van der Waals surface area contributed by atoms with Crippen LogP contribution >= 0.6 is 0 Å². The first-order chi connectivity index (χ1) is 9.61. The van der Waals surface area contributed by atoms with Crippen LogP contribution in [0.4, 0.5) is 0 Å². The van der Waals surface area contributed by atoms with Gasteiger partial charge in [-0.2, -0.15) is 0 Å². The Bertz CT molecular complexity index is 503. The van der Waals surface area contributed by atoms with Crippen LogP contribution in [0.3, 0.4) is 0 Å². The van der Waals surface area contributed by atoms with Crippen LogP contribution in [0.5, 0.6) is 0 Å². The van der Waals surface area contributed by atoms with E-state index in [2.05, 4.69) is 24.3 Å². The summed E-state index contributed by atoms with van der Waals surface area (Å²) in [4.78, 5) is 12.4. The minimum absolute atomic E-state index is 0.0141. The Balaban J connectivity index is 2.43. The van der Waals surface area contributed by atoms with E-state index < -0.39 is 0 Å². The molecule has 0 amide bonds. The summed E-state index contributed by atoms with van der Waals surface area (Å²) in [7, 11) is 0. The molecular weight excluding hydrogens is 244 g/mol. The first-order valence-electron chi connectivity index (χ1n) is 7.25. The molecule has 2 rings (SSSR count). The predicted octanol–water partition coefficient (Wildman–Crippen LogP) is 4.68. The number of carbonyl (C=O) groups excluding carboxylic acids is 1. The zero-order chi connectivity index (χ0) is 14.5. The van der Waals surface area contributed by atoms with Crippen LogP contribution in [-0.4, -0.2) is 5.78 Å². The number of carbonyl (C=O) groups is 1. The molecule has 2 aromatic carbocycles. The Labute approximate surface area is 121 Å². The van der Waals surface area contributed by atoms with Crippen molar-refractivity contribution in [2.45, 2.75) is 26.7 Å². The number of ketones is 1. The number of hydrogen-bond donors (Lipinski definition) is 0. The van der Waals surface area contributed by atoms with Crippen LogP contribution in [0.25, 0.3) is 0 Å². The predicted molar refractivity (Wildman–Crippen MR) is 83.7 cm³/mol. The maximum Gasteiger partial charge on any atom is 0.139 e. The van der Waals surface area contributed by atoms with Gasteiger partial charge in [0.25, 0.3) is 0 Å². The largest absolute Gasteiger partial charge is 0.299 e. The summed E-state index contributed by atoms with van der Waals surface area (Å²) in [6.45, 7) is 6.00. The van der Waals surface area contributed by atoms with Crippen LogP contribution in [0.1, 0.15) is 37.8 Å². The molecule has 0 aliphatic carbocycles. The maximum atomic E-state index is 12.4. The minimum atomic E-state index is -0.0141. The van der Waals surface area contributed by atoms with Gasteiger partial charge in [0.1, 0.15) is 5.78 Å². The fourth-order valence-corrected chi connectivity index (χ4v) is 2.78. The maximum absolute atomic E-state index is 12.4. The topological polar surface area (TPSA) is 17.1 Å². The molecule has 0 radical (unpaired) electrons. The molecule has 0 bridgehead atoms. The third-order valence-electron chi connectivity index (χ3n) is 3.84. The van der Waals surface area contributed by atoms with Gasteiger partial charge >= 0.3 is 0 Å². The normalized spacial score (nSPS) is 12.7. The van der Waals surface area contributed by atoms with E-state index in [1.54, 1.807) is 0 Å². The molecule has 0 aliphatic rings. The van der Waals surface area contributed by atoms with Crippen molar-refractivity contribution in [3.05, 3.63) is 71.8 Å². The van der Waals surface area contributed by atoms with Gasteiger partial charge in [-0.05, 0) is 11.1 Å². The van der Waals surface area contributed by atoms with Gasteiger partial charge in [-0.1, -0.05) is 81.4 Å². The zero-order valence-corrected chi connectivity index (χ0v) is 12.4. The van der Waals surface area contributed by atoms with Crippen molar-refractivity contribution < 1.29 is 4.79 Å². The van der Waals surface area contributed by atoms with Gasteiger partial charge in [-0.3, -0.25) is 4.79 Å². The molecule has 0 saturated heterocycles. The first-order valence-corrected chi connectivity index (χ1v) is 7.25. The van der Waals surface area contributed by atoms with E-state index in [0.29, 0.717) is 5.78 Å². The lowest BCUT2D eigenvalue weighted by molar-refractivity contribution is -0.125. The van der Waals surface area contributed by atoms with Gasteiger partial charge in [0.2, 0.25) is 0 Å². The second-order valence-corrected chi connectivity index (χ2v) is 5.64.